The molecular weight excluding hydrogens is 374 g/mol. The molecule has 0 unspecified atom stereocenters. The van der Waals surface area contributed by atoms with E-state index in [1.54, 1.807) is 4.90 Å². The smallest absolute Gasteiger partial charge is 0.176 e. The molecule has 0 heterocycles. The van der Waals surface area contributed by atoms with E-state index in [9.17, 15) is 30.0 Å². The van der Waals surface area contributed by atoms with E-state index in [0.717, 1.165) is 0 Å². The Balaban J connectivity index is 0.00000364. The van der Waals surface area contributed by atoms with Gasteiger partial charge in [-0.25, -0.2) is 0 Å². The Morgan fingerprint density at radius 1 is 0.778 bits per heavy atom. The van der Waals surface area contributed by atoms with Crippen molar-refractivity contribution in [3.05, 3.63) is 47.5 Å². The summed E-state index contributed by atoms with van der Waals surface area (Å²) in [6, 6.07) is 7.50. The topological polar surface area (TPSA) is 118 Å². The fraction of sp³-hybridized carbons (Fsp3) is 0.263. The van der Waals surface area contributed by atoms with E-state index in [2.05, 4.69) is 0 Å². The van der Waals surface area contributed by atoms with Crippen molar-refractivity contribution in [3.63, 3.8) is 0 Å². The van der Waals surface area contributed by atoms with E-state index in [1.807, 2.05) is 13.8 Å². The number of hydrogen-bond donors (Lipinski definition) is 4. The number of benzene rings is 2. The van der Waals surface area contributed by atoms with Gasteiger partial charge in [0.25, 0.3) is 0 Å². The highest BCUT2D eigenvalue weighted by Crippen LogP contribution is 2.26. The summed E-state index contributed by atoms with van der Waals surface area (Å²) in [5.74, 6) is -2.02. The highest BCUT2D eigenvalue weighted by molar-refractivity contribution is 6.00. The van der Waals surface area contributed by atoms with Crippen LogP contribution < -0.4 is 0 Å². The van der Waals surface area contributed by atoms with Crippen molar-refractivity contribution >= 4 is 24.0 Å². The van der Waals surface area contributed by atoms with Crippen LogP contribution in [0.25, 0.3) is 0 Å². The number of ketones is 2. The fourth-order valence-corrected chi connectivity index (χ4v) is 2.37. The second-order valence-corrected chi connectivity index (χ2v) is 6.25. The van der Waals surface area contributed by atoms with Crippen LogP contribution in [0, 0.1) is 0 Å². The van der Waals surface area contributed by atoms with Crippen molar-refractivity contribution < 1.29 is 30.0 Å². The minimum atomic E-state index is -0.386. The second-order valence-electron chi connectivity index (χ2n) is 6.25. The van der Waals surface area contributed by atoms with Gasteiger partial charge in [0.05, 0.1) is 13.1 Å². The number of rotatable bonds is 7. The Morgan fingerprint density at radius 3 is 1.44 bits per heavy atom. The Morgan fingerprint density at radius 2 is 1.15 bits per heavy atom. The van der Waals surface area contributed by atoms with Crippen molar-refractivity contribution in [1.82, 2.24) is 4.90 Å². The van der Waals surface area contributed by atoms with Gasteiger partial charge in [-0.2, -0.15) is 0 Å². The van der Waals surface area contributed by atoms with E-state index in [-0.39, 0.29) is 77.2 Å². The molecule has 2 aromatic carbocycles. The number of hydrogen-bond acceptors (Lipinski definition) is 7. The molecule has 0 aliphatic rings. The molecule has 146 valence electrons. The first-order chi connectivity index (χ1) is 12.2. The van der Waals surface area contributed by atoms with Gasteiger partial charge < -0.3 is 20.4 Å². The van der Waals surface area contributed by atoms with Gasteiger partial charge in [-0.1, -0.05) is 0 Å². The number of phenolic OH excluding ortho intramolecular Hbond substituents is 4. The van der Waals surface area contributed by atoms with Crippen LogP contribution in [0.15, 0.2) is 36.4 Å². The van der Waals surface area contributed by atoms with Crippen molar-refractivity contribution in [2.24, 2.45) is 0 Å². The van der Waals surface area contributed by atoms with Crippen LogP contribution in [0.4, 0.5) is 0 Å². The maximum atomic E-state index is 12.4. The molecule has 0 spiro atoms. The van der Waals surface area contributed by atoms with Gasteiger partial charge in [0, 0.05) is 17.2 Å². The van der Waals surface area contributed by atoms with E-state index >= 15 is 0 Å². The van der Waals surface area contributed by atoms with E-state index in [4.69, 9.17) is 0 Å². The lowest BCUT2D eigenvalue weighted by Crippen LogP contribution is -2.39. The molecule has 27 heavy (non-hydrogen) atoms. The molecule has 8 heteroatoms. The van der Waals surface area contributed by atoms with Crippen LogP contribution in [-0.2, 0) is 0 Å². The summed E-state index contributed by atoms with van der Waals surface area (Å²) in [6.07, 6.45) is 0. The molecule has 0 radical (unpaired) electrons. The number of aromatic hydroxyl groups is 4. The summed E-state index contributed by atoms with van der Waals surface area (Å²) < 4.78 is 0. The number of carbonyl (C=O) groups excluding carboxylic acids is 2. The summed E-state index contributed by atoms with van der Waals surface area (Å²) in [5.41, 5.74) is 0.446. The van der Waals surface area contributed by atoms with Crippen molar-refractivity contribution in [2.75, 3.05) is 13.1 Å². The van der Waals surface area contributed by atoms with Gasteiger partial charge >= 0.3 is 0 Å². The van der Waals surface area contributed by atoms with Gasteiger partial charge in [0.1, 0.15) is 0 Å². The first-order valence-electron chi connectivity index (χ1n) is 8.03. The normalized spacial score (nSPS) is 10.7. The summed E-state index contributed by atoms with van der Waals surface area (Å²) in [6.45, 7) is 3.56. The predicted molar refractivity (Wildman–Crippen MR) is 102 cm³/mol. The molecule has 0 aliphatic heterocycles. The first-order valence-corrected chi connectivity index (χ1v) is 8.03. The summed E-state index contributed by atoms with van der Waals surface area (Å²) >= 11 is 0. The molecule has 2 aromatic rings. The standard InChI is InChI=1S/C19H21NO6.ClH/c1-11(2)20(9-18(25)12-3-5-14(21)16(23)7-12)10-19(26)13-4-6-15(22)17(24)8-13;/h3-8,11,21-24H,9-10H2,1-2H3;1H. The fourth-order valence-electron chi connectivity index (χ4n) is 2.37. The van der Waals surface area contributed by atoms with Crippen LogP contribution in [0.2, 0.25) is 0 Å². The quantitative estimate of drug-likeness (QED) is 0.420. The van der Waals surface area contributed by atoms with Gasteiger partial charge in [0.15, 0.2) is 34.6 Å². The third kappa shape index (κ3) is 5.60. The number of nitrogens with zero attached hydrogens (tertiary/aromatic N) is 1. The average molecular weight is 396 g/mol. The summed E-state index contributed by atoms with van der Waals surface area (Å²) in [4.78, 5) is 26.5. The van der Waals surface area contributed by atoms with Crippen molar-refractivity contribution in [2.45, 2.75) is 19.9 Å². The molecule has 0 aromatic heterocycles. The van der Waals surface area contributed by atoms with Crippen molar-refractivity contribution in [1.29, 1.82) is 0 Å². The van der Waals surface area contributed by atoms with Crippen molar-refractivity contribution in [3.8, 4) is 23.0 Å². The maximum absolute atomic E-state index is 12.4. The lowest BCUT2D eigenvalue weighted by atomic mass is 10.1. The second kappa shape index (κ2) is 9.25. The molecule has 0 saturated heterocycles. The van der Waals surface area contributed by atoms with E-state index < -0.39 is 0 Å². The van der Waals surface area contributed by atoms with Crippen LogP contribution in [0.3, 0.4) is 0 Å². The largest absolute Gasteiger partial charge is 0.504 e. The number of Topliss-reactive ketones (excluding diaryl/α,β-unsaturated/α-hetero) is 2. The summed E-state index contributed by atoms with van der Waals surface area (Å²) in [7, 11) is 0. The van der Waals surface area contributed by atoms with Crippen LogP contribution in [0.1, 0.15) is 34.6 Å². The SMILES string of the molecule is CC(C)N(CC(=O)c1ccc(O)c(O)c1)CC(=O)c1ccc(O)c(O)c1.Cl. The van der Waals surface area contributed by atoms with Gasteiger partial charge in [-0.3, -0.25) is 14.5 Å². The summed E-state index contributed by atoms with van der Waals surface area (Å²) in [5, 5.41) is 37.7. The molecule has 0 atom stereocenters. The van der Waals surface area contributed by atoms with Crippen LogP contribution in [-0.4, -0.2) is 56.0 Å². The number of halogens is 1. The molecular formula is C19H22ClNO6. The average Bonchev–Trinajstić information content (AvgIpc) is 2.58. The number of carbonyl (C=O) groups is 2. The third-order valence-corrected chi connectivity index (χ3v) is 4.02. The zero-order valence-corrected chi connectivity index (χ0v) is 15.7. The van der Waals surface area contributed by atoms with E-state index in [1.165, 1.54) is 36.4 Å². The Labute approximate surface area is 162 Å². The molecule has 2 rings (SSSR count). The highest BCUT2D eigenvalue weighted by Gasteiger charge is 2.20. The maximum Gasteiger partial charge on any atom is 0.176 e. The van der Waals surface area contributed by atoms with Crippen LogP contribution >= 0.6 is 12.4 Å². The number of phenols is 4. The Kier molecular flexibility index (Phi) is 7.63. The molecule has 0 aliphatic carbocycles. The molecule has 0 fully saturated rings. The molecule has 7 nitrogen and oxygen atoms in total. The Bertz CT molecular complexity index is 771. The monoisotopic (exact) mass is 395 g/mol. The highest BCUT2D eigenvalue weighted by atomic mass is 35.5. The van der Waals surface area contributed by atoms with E-state index in [0.29, 0.717) is 0 Å². The van der Waals surface area contributed by atoms with Gasteiger partial charge in [-0.05, 0) is 50.2 Å². The molecule has 0 bridgehead atoms. The molecule has 0 amide bonds. The predicted octanol–water partition coefficient (Wildman–Crippen LogP) is 2.71. The minimum absolute atomic E-state index is 0. The van der Waals surface area contributed by atoms with Crippen LogP contribution in [0.5, 0.6) is 23.0 Å². The third-order valence-electron chi connectivity index (χ3n) is 4.02. The lowest BCUT2D eigenvalue weighted by Gasteiger charge is -2.25. The molecule has 0 saturated carbocycles. The minimum Gasteiger partial charge on any atom is -0.504 e. The first kappa shape index (κ1) is 22.3. The molecule has 4 N–H and O–H groups in total. The zero-order valence-electron chi connectivity index (χ0n) is 14.9. The zero-order chi connectivity index (χ0) is 19.4. The Hall–Kier alpha value is -2.77. The van der Waals surface area contributed by atoms with Gasteiger partial charge in [0.2, 0.25) is 0 Å². The van der Waals surface area contributed by atoms with Gasteiger partial charge in [-0.15, -0.1) is 12.4 Å². The lowest BCUT2D eigenvalue weighted by molar-refractivity contribution is 0.0837.